The number of benzene rings is 2. The molecule has 0 radical (unpaired) electrons. The Balaban J connectivity index is 2.31. The zero-order chi connectivity index (χ0) is 14.7. The average Bonchev–Trinajstić information content (AvgIpc) is 2.40. The zero-order valence-electron chi connectivity index (χ0n) is 9.98. The number of hydrogen-bond donors (Lipinski definition) is 0. The van der Waals surface area contributed by atoms with Crippen molar-refractivity contribution >= 4 is 33.2 Å². The summed E-state index contributed by atoms with van der Waals surface area (Å²) in [5.74, 6) is -0.265. The molecule has 7 heteroatoms. The fourth-order valence-electron chi connectivity index (χ4n) is 1.58. The summed E-state index contributed by atoms with van der Waals surface area (Å²) in [6.45, 7) is 0. The third-order valence-corrected chi connectivity index (χ3v) is 3.35. The molecule has 0 spiro atoms. The van der Waals surface area contributed by atoms with Crippen LogP contribution in [0.4, 0.5) is 10.1 Å². The maximum absolute atomic E-state index is 13.5. The van der Waals surface area contributed by atoms with Crippen LogP contribution in [-0.2, 0) is 5.33 Å². The predicted octanol–water partition coefficient (Wildman–Crippen LogP) is 5.07. The standard InChI is InChI=1S/C13H8BrClFNO3/c14-7-8-5-9(15)1-4-13(8)20-10-2-3-12(17(18)19)11(16)6-10/h1-6H,7H2. The van der Waals surface area contributed by atoms with Crippen LogP contribution >= 0.6 is 27.5 Å². The predicted molar refractivity (Wildman–Crippen MR) is 77.2 cm³/mol. The van der Waals surface area contributed by atoms with E-state index in [0.29, 0.717) is 16.1 Å². The van der Waals surface area contributed by atoms with Gasteiger partial charge < -0.3 is 4.74 Å². The first-order valence-corrected chi connectivity index (χ1v) is 6.97. The molecule has 0 aliphatic heterocycles. The van der Waals surface area contributed by atoms with E-state index in [1.54, 1.807) is 18.2 Å². The highest BCUT2D eigenvalue weighted by molar-refractivity contribution is 9.08. The third kappa shape index (κ3) is 3.26. The first-order chi connectivity index (χ1) is 9.51. The second-order valence-electron chi connectivity index (χ2n) is 3.86. The molecule has 0 N–H and O–H groups in total. The van der Waals surface area contributed by atoms with Gasteiger partial charge in [0.05, 0.1) is 4.92 Å². The molecular weight excluding hydrogens is 353 g/mol. The summed E-state index contributed by atoms with van der Waals surface area (Å²) < 4.78 is 19.0. The van der Waals surface area contributed by atoms with Gasteiger partial charge in [0.1, 0.15) is 11.5 Å². The molecule has 20 heavy (non-hydrogen) atoms. The van der Waals surface area contributed by atoms with Gasteiger partial charge in [0.2, 0.25) is 5.82 Å². The molecule has 0 saturated carbocycles. The molecule has 0 heterocycles. The van der Waals surface area contributed by atoms with Crippen molar-refractivity contribution in [2.45, 2.75) is 5.33 Å². The lowest BCUT2D eigenvalue weighted by molar-refractivity contribution is -0.387. The highest BCUT2D eigenvalue weighted by Gasteiger charge is 2.15. The van der Waals surface area contributed by atoms with Crippen molar-refractivity contribution in [2.24, 2.45) is 0 Å². The van der Waals surface area contributed by atoms with Crippen LogP contribution in [0.25, 0.3) is 0 Å². The molecule has 0 saturated heterocycles. The van der Waals surface area contributed by atoms with Crippen LogP contribution in [0.5, 0.6) is 11.5 Å². The van der Waals surface area contributed by atoms with Crippen molar-refractivity contribution in [1.29, 1.82) is 0 Å². The first-order valence-electron chi connectivity index (χ1n) is 5.47. The minimum atomic E-state index is -0.943. The molecule has 0 unspecified atom stereocenters. The minimum absolute atomic E-state index is 0.178. The van der Waals surface area contributed by atoms with E-state index in [-0.39, 0.29) is 5.75 Å². The van der Waals surface area contributed by atoms with Crippen LogP contribution in [0, 0.1) is 15.9 Å². The number of nitro benzene ring substituents is 1. The van der Waals surface area contributed by atoms with Crippen molar-refractivity contribution in [1.82, 2.24) is 0 Å². The molecule has 0 fully saturated rings. The third-order valence-electron chi connectivity index (χ3n) is 2.51. The molecule has 0 aromatic heterocycles. The largest absolute Gasteiger partial charge is 0.457 e. The van der Waals surface area contributed by atoms with Crippen molar-refractivity contribution in [3.05, 3.63) is 62.9 Å². The summed E-state index contributed by atoms with van der Waals surface area (Å²) in [5, 5.41) is 11.6. The summed E-state index contributed by atoms with van der Waals surface area (Å²) in [5.41, 5.74) is 0.199. The highest BCUT2D eigenvalue weighted by atomic mass is 79.9. The van der Waals surface area contributed by atoms with Gasteiger partial charge in [-0.2, -0.15) is 4.39 Å². The van der Waals surface area contributed by atoms with E-state index in [4.69, 9.17) is 16.3 Å². The SMILES string of the molecule is O=[N+]([O-])c1ccc(Oc2ccc(Cl)cc2CBr)cc1F. The van der Waals surface area contributed by atoms with E-state index >= 15 is 0 Å². The zero-order valence-corrected chi connectivity index (χ0v) is 12.3. The van der Waals surface area contributed by atoms with Crippen LogP contribution in [0.2, 0.25) is 5.02 Å². The summed E-state index contributed by atoms with van der Waals surface area (Å²) in [6, 6.07) is 8.39. The minimum Gasteiger partial charge on any atom is -0.457 e. The van der Waals surface area contributed by atoms with Gasteiger partial charge in [-0.1, -0.05) is 27.5 Å². The number of nitro groups is 1. The van der Waals surface area contributed by atoms with E-state index in [2.05, 4.69) is 15.9 Å². The maximum Gasteiger partial charge on any atom is 0.305 e. The van der Waals surface area contributed by atoms with Gasteiger partial charge in [-0.05, 0) is 24.3 Å². The van der Waals surface area contributed by atoms with Gasteiger partial charge in [0.25, 0.3) is 0 Å². The molecule has 0 atom stereocenters. The molecule has 104 valence electrons. The quantitative estimate of drug-likeness (QED) is 0.434. The lowest BCUT2D eigenvalue weighted by Gasteiger charge is -2.10. The van der Waals surface area contributed by atoms with Crippen molar-refractivity contribution in [3.63, 3.8) is 0 Å². The Labute approximate surface area is 127 Å². The van der Waals surface area contributed by atoms with Gasteiger partial charge in [0.15, 0.2) is 0 Å². The number of halogens is 3. The maximum atomic E-state index is 13.5. The van der Waals surface area contributed by atoms with E-state index in [1.165, 1.54) is 6.07 Å². The van der Waals surface area contributed by atoms with E-state index in [1.807, 2.05) is 0 Å². The van der Waals surface area contributed by atoms with Crippen LogP contribution in [0.15, 0.2) is 36.4 Å². The Morgan fingerprint density at radius 2 is 2.05 bits per heavy atom. The van der Waals surface area contributed by atoms with Crippen LogP contribution in [-0.4, -0.2) is 4.92 Å². The van der Waals surface area contributed by atoms with Crippen molar-refractivity contribution in [3.8, 4) is 11.5 Å². The molecule has 2 aromatic carbocycles. The Bertz CT molecular complexity index is 666. The van der Waals surface area contributed by atoms with E-state index in [9.17, 15) is 14.5 Å². The molecule has 4 nitrogen and oxygen atoms in total. The lowest BCUT2D eigenvalue weighted by Crippen LogP contribution is -1.94. The fourth-order valence-corrected chi connectivity index (χ4v) is 2.21. The van der Waals surface area contributed by atoms with Gasteiger partial charge in [-0.15, -0.1) is 0 Å². The number of alkyl halides is 1. The van der Waals surface area contributed by atoms with Gasteiger partial charge in [0, 0.05) is 28.0 Å². The number of ether oxygens (including phenoxy) is 1. The van der Waals surface area contributed by atoms with E-state index < -0.39 is 16.4 Å². The number of hydrogen-bond acceptors (Lipinski definition) is 3. The fraction of sp³-hybridized carbons (Fsp3) is 0.0769. The normalized spacial score (nSPS) is 10.3. The summed E-state index contributed by atoms with van der Waals surface area (Å²) in [6.07, 6.45) is 0. The van der Waals surface area contributed by atoms with Crippen LogP contribution in [0.1, 0.15) is 5.56 Å². The molecule has 0 bridgehead atoms. The Morgan fingerprint density at radius 1 is 1.30 bits per heavy atom. The van der Waals surface area contributed by atoms with Gasteiger partial charge in [-0.25, -0.2) is 0 Å². The Hall–Kier alpha value is -1.66. The average molecular weight is 361 g/mol. The second kappa shape index (κ2) is 6.19. The van der Waals surface area contributed by atoms with E-state index in [0.717, 1.165) is 17.7 Å². The van der Waals surface area contributed by atoms with Crippen molar-refractivity contribution < 1.29 is 14.1 Å². The first kappa shape index (κ1) is 14.7. The van der Waals surface area contributed by atoms with Crippen LogP contribution in [0.3, 0.4) is 0 Å². The number of rotatable bonds is 4. The van der Waals surface area contributed by atoms with Gasteiger partial charge >= 0.3 is 5.69 Å². The Morgan fingerprint density at radius 3 is 2.65 bits per heavy atom. The molecule has 2 aromatic rings. The smallest absolute Gasteiger partial charge is 0.305 e. The topological polar surface area (TPSA) is 52.4 Å². The molecular formula is C13H8BrClFNO3. The summed E-state index contributed by atoms with van der Waals surface area (Å²) in [4.78, 5) is 9.75. The second-order valence-corrected chi connectivity index (χ2v) is 4.86. The summed E-state index contributed by atoms with van der Waals surface area (Å²) in [7, 11) is 0. The number of nitrogens with zero attached hydrogens (tertiary/aromatic N) is 1. The lowest BCUT2D eigenvalue weighted by atomic mass is 10.2. The van der Waals surface area contributed by atoms with Crippen LogP contribution < -0.4 is 4.74 Å². The molecule has 0 amide bonds. The molecule has 0 aliphatic rings. The molecule has 0 aliphatic carbocycles. The monoisotopic (exact) mass is 359 g/mol. The molecule has 2 rings (SSSR count). The Kier molecular flexibility index (Phi) is 4.57. The summed E-state index contributed by atoms with van der Waals surface area (Å²) >= 11 is 9.17. The van der Waals surface area contributed by atoms with Gasteiger partial charge in [-0.3, -0.25) is 10.1 Å². The van der Waals surface area contributed by atoms with Crippen molar-refractivity contribution in [2.75, 3.05) is 0 Å². The highest BCUT2D eigenvalue weighted by Crippen LogP contribution is 2.31.